The van der Waals surface area contributed by atoms with Crippen molar-refractivity contribution in [1.82, 2.24) is 5.32 Å². The van der Waals surface area contributed by atoms with Gasteiger partial charge in [-0.3, -0.25) is 4.79 Å². The fourth-order valence-electron chi connectivity index (χ4n) is 1.56. The first-order chi connectivity index (χ1) is 10.4. The molecule has 0 radical (unpaired) electrons. The first kappa shape index (κ1) is 21.8. The van der Waals surface area contributed by atoms with Crippen LogP contribution in [0.4, 0.5) is 8.78 Å². The van der Waals surface area contributed by atoms with E-state index in [1.807, 2.05) is 6.07 Å². The quantitative estimate of drug-likeness (QED) is 0.652. The van der Waals surface area contributed by atoms with Crippen LogP contribution in [0.25, 0.3) is 0 Å². The van der Waals surface area contributed by atoms with E-state index in [0.29, 0.717) is 17.3 Å². The Morgan fingerprint density at radius 3 is 2.52 bits per heavy atom. The summed E-state index contributed by atoms with van der Waals surface area (Å²) in [6.45, 7) is -1.52. The summed E-state index contributed by atoms with van der Waals surface area (Å²) in [4.78, 5) is 12.4. The van der Waals surface area contributed by atoms with Crippen molar-refractivity contribution >= 4 is 30.1 Å². The maximum Gasteiger partial charge on any atom is 0.277 e. The van der Waals surface area contributed by atoms with Gasteiger partial charge >= 0.3 is 0 Å². The van der Waals surface area contributed by atoms with Gasteiger partial charge in [0.25, 0.3) is 5.92 Å². The fourth-order valence-corrected chi connectivity index (χ4v) is 2.43. The van der Waals surface area contributed by atoms with Gasteiger partial charge in [0.15, 0.2) is 11.5 Å². The smallest absolute Gasteiger partial charge is 0.277 e. The number of nitrogens with one attached hydrogen (secondary N) is 1. The largest absolute Gasteiger partial charge is 0.493 e. The summed E-state index contributed by atoms with van der Waals surface area (Å²) in [6, 6.07) is 5.40. The molecule has 1 rings (SSSR count). The second-order valence-electron chi connectivity index (χ2n) is 4.45. The molecule has 0 unspecified atom stereocenters. The summed E-state index contributed by atoms with van der Waals surface area (Å²) in [5.74, 6) is -1.81. The average Bonchev–Trinajstić information content (AvgIpc) is 2.52. The third-order valence-electron chi connectivity index (χ3n) is 2.80. The molecule has 0 saturated carbocycles. The highest BCUT2D eigenvalue weighted by Crippen LogP contribution is 2.31. The molecule has 1 aromatic carbocycles. The molecule has 5 nitrogen and oxygen atoms in total. The van der Waals surface area contributed by atoms with Gasteiger partial charge in [0.05, 0.1) is 27.3 Å². The molecule has 0 heterocycles. The summed E-state index contributed by atoms with van der Waals surface area (Å²) < 4.78 is 36.1. The van der Waals surface area contributed by atoms with Crippen molar-refractivity contribution in [3.8, 4) is 11.5 Å². The van der Waals surface area contributed by atoms with Crippen LogP contribution >= 0.6 is 24.2 Å². The predicted molar refractivity (Wildman–Crippen MR) is 89.1 cm³/mol. The molecule has 1 aromatic rings. The number of carbonyl (C=O) groups is 1. The lowest BCUT2D eigenvalue weighted by Crippen LogP contribution is -2.41. The Balaban J connectivity index is 0.00000484. The van der Waals surface area contributed by atoms with Crippen LogP contribution in [0.15, 0.2) is 23.1 Å². The number of hydrogen-bond acceptors (Lipinski definition) is 5. The van der Waals surface area contributed by atoms with E-state index in [2.05, 4.69) is 5.32 Å². The van der Waals surface area contributed by atoms with E-state index in [9.17, 15) is 13.6 Å². The number of methoxy groups -OCH3 is 2. The molecule has 0 aliphatic heterocycles. The lowest BCUT2D eigenvalue weighted by atomic mass is 10.3. The van der Waals surface area contributed by atoms with E-state index >= 15 is 0 Å². The number of hydrogen-bond donors (Lipinski definition) is 2. The summed E-state index contributed by atoms with van der Waals surface area (Å²) in [7, 11) is 3.09. The monoisotopic (exact) mass is 370 g/mol. The molecule has 23 heavy (non-hydrogen) atoms. The van der Waals surface area contributed by atoms with Gasteiger partial charge in [-0.15, -0.1) is 24.2 Å². The Morgan fingerprint density at radius 1 is 1.30 bits per heavy atom. The first-order valence-corrected chi connectivity index (χ1v) is 7.60. The number of amides is 1. The topological polar surface area (TPSA) is 73.6 Å². The molecule has 0 fully saturated rings. The van der Waals surface area contributed by atoms with Crippen LogP contribution in [0.2, 0.25) is 0 Å². The van der Waals surface area contributed by atoms with Crippen molar-refractivity contribution in [2.24, 2.45) is 5.73 Å². The van der Waals surface area contributed by atoms with E-state index in [-0.39, 0.29) is 18.8 Å². The van der Waals surface area contributed by atoms with Crippen LogP contribution in [0.1, 0.15) is 6.42 Å². The van der Waals surface area contributed by atoms with Crippen LogP contribution in [0, 0.1) is 0 Å². The first-order valence-electron chi connectivity index (χ1n) is 6.61. The molecule has 3 N–H and O–H groups in total. The maximum atomic E-state index is 12.9. The number of thioether (sulfide) groups is 1. The molecule has 0 aliphatic carbocycles. The summed E-state index contributed by atoms with van der Waals surface area (Å²) in [6.07, 6.45) is 0.139. The molecule has 0 bridgehead atoms. The minimum absolute atomic E-state index is 0. The Labute approximate surface area is 144 Å². The van der Waals surface area contributed by atoms with Crippen LogP contribution in [0.5, 0.6) is 11.5 Å². The SMILES string of the molecule is COc1ccc(SCCC(=O)NCC(F)(F)CN)cc1OC.Cl. The standard InChI is InChI=1S/C14H20F2N2O3S.ClH/c1-20-11-4-3-10(7-12(11)21-2)22-6-5-13(19)18-9-14(15,16)8-17;/h3-4,7H,5-6,8-9,17H2,1-2H3,(H,18,19);1H. The second-order valence-corrected chi connectivity index (χ2v) is 5.62. The third-order valence-corrected chi connectivity index (χ3v) is 3.79. The summed E-state index contributed by atoms with van der Waals surface area (Å²) >= 11 is 1.43. The zero-order valence-electron chi connectivity index (χ0n) is 12.9. The molecular formula is C14H21ClF2N2O3S. The van der Waals surface area contributed by atoms with Crippen LogP contribution in [0.3, 0.4) is 0 Å². The van der Waals surface area contributed by atoms with Gasteiger partial charge in [0.2, 0.25) is 5.91 Å². The van der Waals surface area contributed by atoms with Crippen LogP contribution < -0.4 is 20.5 Å². The van der Waals surface area contributed by atoms with E-state index in [4.69, 9.17) is 15.2 Å². The van der Waals surface area contributed by atoms with E-state index < -0.39 is 24.9 Å². The zero-order valence-corrected chi connectivity index (χ0v) is 14.6. The zero-order chi connectivity index (χ0) is 16.6. The van der Waals surface area contributed by atoms with Gasteiger partial charge in [-0.05, 0) is 18.2 Å². The lowest BCUT2D eigenvalue weighted by Gasteiger charge is -2.14. The van der Waals surface area contributed by atoms with Gasteiger partial charge in [0, 0.05) is 17.1 Å². The minimum Gasteiger partial charge on any atom is -0.493 e. The van der Waals surface area contributed by atoms with Crippen molar-refractivity contribution in [3.05, 3.63) is 18.2 Å². The molecule has 0 atom stereocenters. The Hall–Kier alpha value is -1.25. The molecule has 9 heteroatoms. The summed E-state index contributed by atoms with van der Waals surface area (Å²) in [5.41, 5.74) is 4.89. The van der Waals surface area contributed by atoms with Crippen molar-refractivity contribution in [3.63, 3.8) is 0 Å². The predicted octanol–water partition coefficient (Wildman–Crippen LogP) is 2.32. The second kappa shape index (κ2) is 10.5. The number of benzene rings is 1. The third kappa shape index (κ3) is 7.71. The number of halogens is 3. The number of nitrogens with two attached hydrogens (primary N) is 1. The molecule has 0 aliphatic rings. The lowest BCUT2D eigenvalue weighted by molar-refractivity contribution is -0.122. The van der Waals surface area contributed by atoms with E-state index in [1.54, 1.807) is 19.2 Å². The maximum absolute atomic E-state index is 12.9. The van der Waals surface area contributed by atoms with Crippen molar-refractivity contribution < 1.29 is 23.0 Å². The van der Waals surface area contributed by atoms with Gasteiger partial charge in [-0.1, -0.05) is 0 Å². The Bertz CT molecular complexity index is 507. The van der Waals surface area contributed by atoms with E-state index in [0.717, 1.165) is 4.90 Å². The highest BCUT2D eigenvalue weighted by Gasteiger charge is 2.26. The molecule has 132 valence electrons. The van der Waals surface area contributed by atoms with Gasteiger partial charge < -0.3 is 20.5 Å². The van der Waals surface area contributed by atoms with Crippen molar-refractivity contribution in [2.45, 2.75) is 17.2 Å². The van der Waals surface area contributed by atoms with Gasteiger partial charge in [-0.2, -0.15) is 0 Å². The molecule has 0 aromatic heterocycles. The molecule has 1 amide bonds. The summed E-state index contributed by atoms with van der Waals surface area (Å²) in [5, 5.41) is 2.17. The van der Waals surface area contributed by atoms with Crippen LogP contribution in [-0.4, -0.2) is 44.9 Å². The molecular weight excluding hydrogens is 350 g/mol. The Morgan fingerprint density at radius 2 is 1.96 bits per heavy atom. The Kier molecular flexibility index (Phi) is 9.94. The highest BCUT2D eigenvalue weighted by molar-refractivity contribution is 7.99. The van der Waals surface area contributed by atoms with Crippen LogP contribution in [-0.2, 0) is 4.79 Å². The van der Waals surface area contributed by atoms with E-state index in [1.165, 1.54) is 18.9 Å². The fraction of sp³-hybridized carbons (Fsp3) is 0.500. The number of ether oxygens (including phenoxy) is 2. The van der Waals surface area contributed by atoms with Crippen molar-refractivity contribution in [1.29, 1.82) is 0 Å². The van der Waals surface area contributed by atoms with Gasteiger partial charge in [0.1, 0.15) is 0 Å². The van der Waals surface area contributed by atoms with Gasteiger partial charge in [-0.25, -0.2) is 8.78 Å². The molecule has 0 saturated heterocycles. The molecule has 0 spiro atoms. The number of rotatable bonds is 9. The number of alkyl halides is 2. The minimum atomic E-state index is -3.06. The number of carbonyl (C=O) groups excluding carboxylic acids is 1. The normalized spacial score (nSPS) is 10.7. The average molecular weight is 371 g/mol. The van der Waals surface area contributed by atoms with Crippen molar-refractivity contribution in [2.75, 3.05) is 33.1 Å². The highest BCUT2D eigenvalue weighted by atomic mass is 35.5.